The molecular weight excluding hydrogens is 337 g/mol. The number of ether oxygens (including phenoxy) is 1. The first-order chi connectivity index (χ1) is 12.5. The molecule has 1 heterocycles. The number of nitrogens with zero attached hydrogens (tertiary/aromatic N) is 1. The van der Waals surface area contributed by atoms with Gasteiger partial charge in [-0.1, -0.05) is 24.3 Å². The average Bonchev–Trinajstić information content (AvgIpc) is 3.02. The molecular formula is C19H20FN3O3. The minimum atomic E-state index is -0.568. The lowest BCUT2D eigenvalue weighted by Gasteiger charge is -2.17. The third-order valence-electron chi connectivity index (χ3n) is 4.05. The molecule has 0 radical (unpaired) electrons. The van der Waals surface area contributed by atoms with E-state index in [2.05, 4.69) is 10.6 Å². The predicted molar refractivity (Wildman–Crippen MR) is 96.3 cm³/mol. The first kappa shape index (κ1) is 17.7. The number of hydrogen-bond donors (Lipinski definition) is 2. The largest absolute Gasteiger partial charge is 0.448 e. The van der Waals surface area contributed by atoms with Gasteiger partial charge < -0.3 is 20.3 Å². The van der Waals surface area contributed by atoms with Crippen LogP contribution in [0.1, 0.15) is 12.5 Å². The quantitative estimate of drug-likeness (QED) is 0.833. The lowest BCUT2D eigenvalue weighted by atomic mass is 10.1. The van der Waals surface area contributed by atoms with Crippen molar-refractivity contribution in [2.24, 2.45) is 0 Å². The zero-order chi connectivity index (χ0) is 18.5. The molecule has 2 N–H and O–H groups in total. The summed E-state index contributed by atoms with van der Waals surface area (Å²) < 4.78 is 18.6. The van der Waals surface area contributed by atoms with Crippen molar-refractivity contribution in [1.82, 2.24) is 4.90 Å². The number of benzene rings is 2. The topological polar surface area (TPSA) is 70.7 Å². The highest BCUT2D eigenvalue weighted by Gasteiger charge is 2.22. The van der Waals surface area contributed by atoms with Crippen molar-refractivity contribution < 1.29 is 18.7 Å². The number of carbonyl (C=O) groups is 2. The van der Waals surface area contributed by atoms with E-state index in [9.17, 15) is 14.0 Å². The van der Waals surface area contributed by atoms with Crippen LogP contribution < -0.4 is 10.6 Å². The monoisotopic (exact) mass is 357 g/mol. The maximum absolute atomic E-state index is 13.6. The summed E-state index contributed by atoms with van der Waals surface area (Å²) in [6.45, 7) is 3.12. The van der Waals surface area contributed by atoms with E-state index >= 15 is 0 Å². The molecule has 2 amide bonds. The lowest BCUT2D eigenvalue weighted by Crippen LogP contribution is -2.32. The Morgan fingerprint density at radius 1 is 1.27 bits per heavy atom. The van der Waals surface area contributed by atoms with Gasteiger partial charge in [0.2, 0.25) is 5.91 Å². The predicted octanol–water partition coefficient (Wildman–Crippen LogP) is 3.22. The number of amides is 2. The molecule has 26 heavy (non-hydrogen) atoms. The lowest BCUT2D eigenvalue weighted by molar-refractivity contribution is -0.116. The van der Waals surface area contributed by atoms with Gasteiger partial charge in [-0.25, -0.2) is 9.18 Å². The van der Waals surface area contributed by atoms with E-state index in [1.165, 1.54) is 12.1 Å². The van der Waals surface area contributed by atoms with Crippen LogP contribution in [-0.2, 0) is 16.1 Å². The molecule has 136 valence electrons. The van der Waals surface area contributed by atoms with E-state index in [0.717, 1.165) is 11.3 Å². The summed E-state index contributed by atoms with van der Waals surface area (Å²) in [7, 11) is 0. The Balaban J connectivity index is 1.61. The molecule has 1 atom stereocenters. The number of halogens is 1. The summed E-state index contributed by atoms with van der Waals surface area (Å²) in [6.07, 6.45) is -0.319. The Morgan fingerprint density at radius 3 is 2.81 bits per heavy atom. The summed E-state index contributed by atoms with van der Waals surface area (Å²) in [5, 5.41) is 5.65. The van der Waals surface area contributed by atoms with Crippen molar-refractivity contribution >= 4 is 23.4 Å². The molecule has 6 nitrogen and oxygen atoms in total. The Labute approximate surface area is 150 Å². The molecule has 0 aliphatic carbocycles. The summed E-state index contributed by atoms with van der Waals surface area (Å²) >= 11 is 0. The molecule has 1 saturated heterocycles. The highest BCUT2D eigenvalue weighted by molar-refractivity contribution is 5.96. The second kappa shape index (κ2) is 7.86. The van der Waals surface area contributed by atoms with Gasteiger partial charge >= 0.3 is 6.09 Å². The van der Waals surface area contributed by atoms with Crippen LogP contribution in [0.25, 0.3) is 0 Å². The van der Waals surface area contributed by atoms with Gasteiger partial charge in [0.25, 0.3) is 0 Å². The van der Waals surface area contributed by atoms with Gasteiger partial charge in [-0.15, -0.1) is 0 Å². The fourth-order valence-electron chi connectivity index (χ4n) is 2.67. The maximum atomic E-state index is 13.6. The summed E-state index contributed by atoms with van der Waals surface area (Å²) in [6, 6.07) is 12.9. The molecule has 3 rings (SSSR count). The van der Waals surface area contributed by atoms with Crippen molar-refractivity contribution in [2.45, 2.75) is 19.5 Å². The number of rotatable bonds is 6. The molecule has 1 fully saturated rings. The fraction of sp³-hybridized carbons (Fsp3) is 0.263. The Morgan fingerprint density at radius 2 is 2.08 bits per heavy atom. The van der Waals surface area contributed by atoms with Gasteiger partial charge in [0.1, 0.15) is 18.5 Å². The van der Waals surface area contributed by atoms with Gasteiger partial charge in [0.05, 0.1) is 12.2 Å². The molecule has 0 bridgehead atoms. The van der Waals surface area contributed by atoms with Crippen LogP contribution >= 0.6 is 0 Å². The molecule has 1 aliphatic heterocycles. The molecule has 1 aliphatic rings. The third kappa shape index (κ3) is 4.30. The average molecular weight is 357 g/mol. The second-order valence-corrected chi connectivity index (χ2v) is 6.07. The van der Waals surface area contributed by atoms with Crippen LogP contribution in [0.2, 0.25) is 0 Å². The summed E-state index contributed by atoms with van der Waals surface area (Å²) in [5.41, 5.74) is 1.81. The molecule has 0 spiro atoms. The zero-order valence-electron chi connectivity index (χ0n) is 14.4. The smallest absolute Gasteiger partial charge is 0.410 e. The van der Waals surface area contributed by atoms with E-state index in [0.29, 0.717) is 19.7 Å². The number of hydrogen-bond acceptors (Lipinski definition) is 4. The molecule has 7 heteroatoms. The first-order valence-electron chi connectivity index (χ1n) is 8.35. The van der Waals surface area contributed by atoms with E-state index in [4.69, 9.17) is 4.74 Å². The van der Waals surface area contributed by atoms with E-state index in [1.54, 1.807) is 24.0 Å². The van der Waals surface area contributed by atoms with Gasteiger partial charge in [0, 0.05) is 12.2 Å². The van der Waals surface area contributed by atoms with Crippen molar-refractivity contribution in [3.63, 3.8) is 0 Å². The number of anilines is 2. The Hall–Kier alpha value is -3.09. The number of nitrogens with one attached hydrogen (secondary N) is 2. The van der Waals surface area contributed by atoms with Gasteiger partial charge in [0.15, 0.2) is 0 Å². The molecule has 0 aromatic heterocycles. The fourth-order valence-corrected chi connectivity index (χ4v) is 2.67. The molecule has 2 aromatic carbocycles. The van der Waals surface area contributed by atoms with Crippen LogP contribution in [0.4, 0.5) is 20.6 Å². The van der Waals surface area contributed by atoms with Crippen molar-refractivity contribution in [3.8, 4) is 0 Å². The SMILES string of the molecule is C[C@@H](Nc1cccc(CN2CCOC2=O)c1)C(=O)Nc1ccccc1F. The highest BCUT2D eigenvalue weighted by atomic mass is 19.1. The van der Waals surface area contributed by atoms with Crippen LogP contribution in [0, 0.1) is 5.82 Å². The van der Waals surface area contributed by atoms with Crippen LogP contribution in [-0.4, -0.2) is 36.1 Å². The van der Waals surface area contributed by atoms with E-state index in [1.807, 2.05) is 24.3 Å². The second-order valence-electron chi connectivity index (χ2n) is 6.07. The third-order valence-corrected chi connectivity index (χ3v) is 4.05. The first-order valence-corrected chi connectivity index (χ1v) is 8.35. The van der Waals surface area contributed by atoms with Gasteiger partial charge in [-0.3, -0.25) is 4.79 Å². The summed E-state index contributed by atoms with van der Waals surface area (Å²) in [5.74, 6) is -0.823. The van der Waals surface area contributed by atoms with Gasteiger partial charge in [-0.05, 0) is 36.8 Å². The Bertz CT molecular complexity index is 812. The van der Waals surface area contributed by atoms with Crippen LogP contribution in [0.15, 0.2) is 48.5 Å². The number of cyclic esters (lactones) is 1. The zero-order valence-corrected chi connectivity index (χ0v) is 14.4. The highest BCUT2D eigenvalue weighted by Crippen LogP contribution is 2.17. The van der Waals surface area contributed by atoms with Gasteiger partial charge in [-0.2, -0.15) is 0 Å². The minimum Gasteiger partial charge on any atom is -0.448 e. The number of carbonyl (C=O) groups excluding carboxylic acids is 2. The van der Waals surface area contributed by atoms with E-state index < -0.39 is 11.9 Å². The Kier molecular flexibility index (Phi) is 5.36. The van der Waals surface area contributed by atoms with Crippen molar-refractivity contribution in [3.05, 3.63) is 59.9 Å². The minimum absolute atomic E-state index is 0.146. The van der Waals surface area contributed by atoms with Crippen LogP contribution in [0.3, 0.4) is 0 Å². The molecule has 0 unspecified atom stereocenters. The summed E-state index contributed by atoms with van der Waals surface area (Å²) in [4.78, 5) is 25.4. The normalized spacial score (nSPS) is 14.7. The standard InChI is InChI=1S/C19H20FN3O3/c1-13(18(24)22-17-8-3-2-7-16(17)20)21-15-6-4-5-14(11-15)12-23-9-10-26-19(23)25/h2-8,11,13,21H,9-10,12H2,1H3,(H,22,24)/t13-/m1/s1. The van der Waals surface area contributed by atoms with E-state index in [-0.39, 0.29) is 17.7 Å². The van der Waals surface area contributed by atoms with Crippen molar-refractivity contribution in [2.75, 3.05) is 23.8 Å². The molecule has 0 saturated carbocycles. The maximum Gasteiger partial charge on any atom is 0.410 e. The molecule has 2 aromatic rings. The number of para-hydroxylation sites is 1. The van der Waals surface area contributed by atoms with Crippen LogP contribution in [0.5, 0.6) is 0 Å². The van der Waals surface area contributed by atoms with Crippen molar-refractivity contribution in [1.29, 1.82) is 0 Å².